The molecule has 1 fully saturated rings. The number of rotatable bonds is 5. The first kappa shape index (κ1) is 14.4. The number of nitrogens with one attached hydrogen (secondary N) is 1. The molecule has 1 N–H and O–H groups in total. The largest absolute Gasteiger partial charge is 0.497 e. The molecule has 2 heteroatoms. The molecule has 0 amide bonds. The minimum absolute atomic E-state index is 0.399. The third-order valence-corrected chi connectivity index (χ3v) is 4.44. The van der Waals surface area contributed by atoms with Gasteiger partial charge in [0.2, 0.25) is 0 Å². The van der Waals surface area contributed by atoms with Gasteiger partial charge in [-0.3, -0.25) is 0 Å². The van der Waals surface area contributed by atoms with Gasteiger partial charge in [-0.05, 0) is 43.4 Å². The second kappa shape index (κ2) is 6.95. The van der Waals surface area contributed by atoms with Gasteiger partial charge in [-0.2, -0.15) is 0 Å². The fourth-order valence-electron chi connectivity index (χ4n) is 3.17. The van der Waals surface area contributed by atoms with Crippen LogP contribution in [0.4, 0.5) is 0 Å². The summed E-state index contributed by atoms with van der Waals surface area (Å²) in [6, 6.07) is 9.47. The first-order valence-corrected chi connectivity index (χ1v) is 7.63. The van der Waals surface area contributed by atoms with Gasteiger partial charge in [-0.15, -0.1) is 0 Å². The van der Waals surface area contributed by atoms with Crippen LogP contribution in [-0.4, -0.2) is 13.2 Å². The van der Waals surface area contributed by atoms with E-state index in [0.29, 0.717) is 12.1 Å². The van der Waals surface area contributed by atoms with Crippen LogP contribution in [0.2, 0.25) is 0 Å². The molecule has 2 rings (SSSR count). The van der Waals surface area contributed by atoms with Gasteiger partial charge in [0.25, 0.3) is 0 Å². The fourth-order valence-corrected chi connectivity index (χ4v) is 3.17. The molecule has 0 aliphatic heterocycles. The third kappa shape index (κ3) is 3.97. The molecule has 1 saturated carbocycles. The van der Waals surface area contributed by atoms with E-state index in [1.165, 1.54) is 37.7 Å². The Labute approximate surface area is 117 Å². The van der Waals surface area contributed by atoms with Gasteiger partial charge in [-0.25, -0.2) is 0 Å². The molecule has 0 heterocycles. The molecule has 0 bridgehead atoms. The highest BCUT2D eigenvalue weighted by Crippen LogP contribution is 2.28. The molecule has 1 aliphatic carbocycles. The summed E-state index contributed by atoms with van der Waals surface area (Å²) in [5, 5.41) is 3.80. The Morgan fingerprint density at radius 2 is 2.21 bits per heavy atom. The van der Waals surface area contributed by atoms with Crippen molar-refractivity contribution < 1.29 is 4.74 Å². The quantitative estimate of drug-likeness (QED) is 0.852. The number of methoxy groups -OCH3 is 1. The van der Waals surface area contributed by atoms with E-state index in [-0.39, 0.29) is 0 Å². The Morgan fingerprint density at radius 1 is 1.37 bits per heavy atom. The lowest BCUT2D eigenvalue weighted by Gasteiger charge is -2.31. The SMILES string of the molecule is CCC1CCCC(N[C@H](C)c2cccc(OC)c2)C1. The predicted octanol–water partition coefficient (Wildman–Crippen LogP) is 4.31. The molecular weight excluding hydrogens is 234 g/mol. The van der Waals surface area contributed by atoms with E-state index in [1.54, 1.807) is 7.11 Å². The molecule has 0 spiro atoms. The molecule has 106 valence electrons. The lowest BCUT2D eigenvalue weighted by Crippen LogP contribution is -2.35. The highest BCUT2D eigenvalue weighted by molar-refractivity contribution is 5.30. The Bertz CT molecular complexity index is 391. The van der Waals surface area contributed by atoms with Crippen molar-refractivity contribution in [1.82, 2.24) is 5.32 Å². The zero-order valence-corrected chi connectivity index (χ0v) is 12.5. The Hall–Kier alpha value is -1.02. The molecule has 2 unspecified atom stereocenters. The summed E-state index contributed by atoms with van der Waals surface area (Å²) in [6.07, 6.45) is 6.78. The molecule has 0 saturated heterocycles. The first-order valence-electron chi connectivity index (χ1n) is 7.63. The van der Waals surface area contributed by atoms with Crippen molar-refractivity contribution in [2.24, 2.45) is 5.92 Å². The summed E-state index contributed by atoms with van der Waals surface area (Å²) in [5.74, 6) is 1.87. The van der Waals surface area contributed by atoms with Crippen LogP contribution < -0.4 is 10.1 Å². The fraction of sp³-hybridized carbons (Fsp3) is 0.647. The number of hydrogen-bond donors (Lipinski definition) is 1. The van der Waals surface area contributed by atoms with Crippen LogP contribution in [0.3, 0.4) is 0 Å². The van der Waals surface area contributed by atoms with Gasteiger partial charge in [-0.1, -0.05) is 38.3 Å². The van der Waals surface area contributed by atoms with Crippen LogP contribution in [0.25, 0.3) is 0 Å². The van der Waals surface area contributed by atoms with E-state index < -0.39 is 0 Å². The maximum Gasteiger partial charge on any atom is 0.119 e. The molecular formula is C17H27NO. The van der Waals surface area contributed by atoms with Crippen molar-refractivity contribution in [1.29, 1.82) is 0 Å². The van der Waals surface area contributed by atoms with E-state index in [2.05, 4.69) is 37.4 Å². The molecule has 1 aliphatic rings. The molecule has 1 aromatic carbocycles. The highest BCUT2D eigenvalue weighted by Gasteiger charge is 2.22. The van der Waals surface area contributed by atoms with E-state index in [1.807, 2.05) is 6.07 Å². The summed E-state index contributed by atoms with van der Waals surface area (Å²) in [5.41, 5.74) is 1.32. The Kier molecular flexibility index (Phi) is 5.26. The standard InChI is InChI=1S/C17H27NO/c1-4-14-7-5-9-16(11-14)18-13(2)15-8-6-10-17(12-15)19-3/h6,8,10,12-14,16,18H,4-5,7,9,11H2,1-3H3/t13-,14?,16?/m1/s1. The lowest BCUT2D eigenvalue weighted by molar-refractivity contribution is 0.266. The van der Waals surface area contributed by atoms with Crippen LogP contribution in [0.15, 0.2) is 24.3 Å². The zero-order valence-electron chi connectivity index (χ0n) is 12.5. The maximum atomic E-state index is 5.30. The smallest absolute Gasteiger partial charge is 0.119 e. The molecule has 0 radical (unpaired) electrons. The minimum atomic E-state index is 0.399. The maximum absolute atomic E-state index is 5.30. The van der Waals surface area contributed by atoms with Crippen molar-refractivity contribution in [3.8, 4) is 5.75 Å². The topological polar surface area (TPSA) is 21.3 Å². The lowest BCUT2D eigenvalue weighted by atomic mass is 9.84. The van der Waals surface area contributed by atoms with Crippen LogP contribution in [0.5, 0.6) is 5.75 Å². The Balaban J connectivity index is 1.94. The molecule has 2 nitrogen and oxygen atoms in total. The summed E-state index contributed by atoms with van der Waals surface area (Å²) in [6.45, 7) is 4.57. The highest BCUT2D eigenvalue weighted by atomic mass is 16.5. The van der Waals surface area contributed by atoms with Crippen molar-refractivity contribution in [3.63, 3.8) is 0 Å². The summed E-state index contributed by atoms with van der Waals surface area (Å²) < 4.78 is 5.30. The van der Waals surface area contributed by atoms with Gasteiger partial charge in [0.15, 0.2) is 0 Å². The molecule has 0 aromatic heterocycles. The van der Waals surface area contributed by atoms with Gasteiger partial charge in [0, 0.05) is 12.1 Å². The van der Waals surface area contributed by atoms with Crippen molar-refractivity contribution in [3.05, 3.63) is 29.8 Å². The minimum Gasteiger partial charge on any atom is -0.497 e. The normalized spacial score (nSPS) is 25.0. The number of hydrogen-bond acceptors (Lipinski definition) is 2. The van der Waals surface area contributed by atoms with Gasteiger partial charge < -0.3 is 10.1 Å². The monoisotopic (exact) mass is 261 g/mol. The van der Waals surface area contributed by atoms with Crippen LogP contribution >= 0.6 is 0 Å². The molecule has 1 aromatic rings. The van der Waals surface area contributed by atoms with Crippen LogP contribution in [0, 0.1) is 5.92 Å². The first-order chi connectivity index (χ1) is 9.22. The van der Waals surface area contributed by atoms with E-state index in [0.717, 1.165) is 11.7 Å². The summed E-state index contributed by atoms with van der Waals surface area (Å²) in [4.78, 5) is 0. The second-order valence-electron chi connectivity index (χ2n) is 5.80. The second-order valence-corrected chi connectivity index (χ2v) is 5.80. The van der Waals surface area contributed by atoms with Crippen LogP contribution in [-0.2, 0) is 0 Å². The average molecular weight is 261 g/mol. The summed E-state index contributed by atoms with van der Waals surface area (Å²) >= 11 is 0. The van der Waals surface area contributed by atoms with E-state index >= 15 is 0 Å². The summed E-state index contributed by atoms with van der Waals surface area (Å²) in [7, 11) is 1.73. The van der Waals surface area contributed by atoms with E-state index in [9.17, 15) is 0 Å². The van der Waals surface area contributed by atoms with E-state index in [4.69, 9.17) is 4.74 Å². The number of benzene rings is 1. The molecule has 3 atom stereocenters. The van der Waals surface area contributed by atoms with Crippen molar-refractivity contribution in [2.45, 2.75) is 58.0 Å². The zero-order chi connectivity index (χ0) is 13.7. The van der Waals surface area contributed by atoms with Gasteiger partial charge in [0.05, 0.1) is 7.11 Å². The average Bonchev–Trinajstić information content (AvgIpc) is 2.47. The van der Waals surface area contributed by atoms with Gasteiger partial charge >= 0.3 is 0 Å². The predicted molar refractivity (Wildman–Crippen MR) is 80.6 cm³/mol. The van der Waals surface area contributed by atoms with Gasteiger partial charge in [0.1, 0.15) is 5.75 Å². The van der Waals surface area contributed by atoms with Crippen LogP contribution in [0.1, 0.15) is 57.6 Å². The van der Waals surface area contributed by atoms with Crippen molar-refractivity contribution >= 4 is 0 Å². The molecule has 19 heavy (non-hydrogen) atoms. The van der Waals surface area contributed by atoms with Crippen molar-refractivity contribution in [2.75, 3.05) is 7.11 Å². The Morgan fingerprint density at radius 3 is 2.95 bits per heavy atom. The third-order valence-electron chi connectivity index (χ3n) is 4.44. The number of ether oxygens (including phenoxy) is 1.